The van der Waals surface area contributed by atoms with Crippen LogP contribution in [-0.2, 0) is 19.6 Å². The minimum absolute atomic E-state index is 0.0451. The zero-order valence-corrected chi connectivity index (χ0v) is 20.2. The van der Waals surface area contributed by atoms with E-state index in [1.165, 1.54) is 22.5 Å². The summed E-state index contributed by atoms with van der Waals surface area (Å²) in [5.74, 6) is -1.03. The molecule has 33 heavy (non-hydrogen) atoms. The number of piperazine rings is 1. The highest BCUT2D eigenvalue weighted by molar-refractivity contribution is 7.89. The van der Waals surface area contributed by atoms with E-state index in [0.717, 1.165) is 5.69 Å². The van der Waals surface area contributed by atoms with Gasteiger partial charge in [-0.15, -0.1) is 0 Å². The Labute approximate surface area is 199 Å². The normalized spacial score (nSPS) is 14.8. The molecule has 1 fully saturated rings. The molecular weight excluding hydrogens is 466 g/mol. The Morgan fingerprint density at radius 3 is 2.36 bits per heavy atom. The summed E-state index contributed by atoms with van der Waals surface area (Å²) in [4.78, 5) is 26.3. The van der Waals surface area contributed by atoms with Crippen LogP contribution in [0.2, 0.25) is 5.02 Å². The van der Waals surface area contributed by atoms with Crippen molar-refractivity contribution in [1.29, 1.82) is 0 Å². The third-order valence-corrected chi connectivity index (χ3v) is 7.42. The molecule has 178 valence electrons. The quantitative estimate of drug-likeness (QED) is 0.568. The molecule has 0 aromatic heterocycles. The number of hydrogen-bond donors (Lipinski definition) is 1. The maximum Gasteiger partial charge on any atom is 0.340 e. The molecule has 2 aromatic carbocycles. The van der Waals surface area contributed by atoms with E-state index in [2.05, 4.69) is 10.2 Å². The number of para-hydroxylation sites is 1. The highest BCUT2D eigenvalue weighted by atomic mass is 35.5. The molecule has 1 N–H and O–H groups in total. The van der Waals surface area contributed by atoms with Crippen molar-refractivity contribution in [2.75, 3.05) is 44.2 Å². The van der Waals surface area contributed by atoms with Crippen LogP contribution in [0.25, 0.3) is 0 Å². The van der Waals surface area contributed by atoms with Crippen LogP contribution in [-0.4, -0.2) is 63.9 Å². The smallest absolute Gasteiger partial charge is 0.340 e. The Balaban J connectivity index is 1.66. The van der Waals surface area contributed by atoms with Crippen LogP contribution < -0.4 is 10.2 Å². The summed E-state index contributed by atoms with van der Waals surface area (Å²) < 4.78 is 32.8. The molecular formula is C23H28ClN3O5S. The number of esters is 1. The van der Waals surface area contributed by atoms with Crippen molar-refractivity contribution < 1.29 is 22.7 Å². The van der Waals surface area contributed by atoms with Crippen LogP contribution in [0.5, 0.6) is 0 Å². The highest BCUT2D eigenvalue weighted by Gasteiger charge is 2.30. The summed E-state index contributed by atoms with van der Waals surface area (Å²) in [6, 6.07) is 13.7. The molecule has 0 radical (unpaired) electrons. The average Bonchev–Trinajstić information content (AvgIpc) is 2.82. The molecule has 2 aromatic rings. The first-order valence-electron chi connectivity index (χ1n) is 10.7. The number of carbonyl (C=O) groups excluding carboxylic acids is 2. The number of sulfonamides is 1. The lowest BCUT2D eigenvalue weighted by Crippen LogP contribution is -2.48. The van der Waals surface area contributed by atoms with Gasteiger partial charge in [0.25, 0.3) is 5.91 Å². The van der Waals surface area contributed by atoms with Crippen molar-refractivity contribution in [1.82, 2.24) is 9.62 Å². The minimum Gasteiger partial charge on any atom is -0.452 e. The van der Waals surface area contributed by atoms with Gasteiger partial charge in [-0.1, -0.05) is 43.6 Å². The van der Waals surface area contributed by atoms with E-state index in [1.54, 1.807) is 0 Å². The van der Waals surface area contributed by atoms with Crippen molar-refractivity contribution in [3.63, 3.8) is 0 Å². The van der Waals surface area contributed by atoms with Gasteiger partial charge in [0.1, 0.15) is 0 Å². The largest absolute Gasteiger partial charge is 0.452 e. The molecule has 3 rings (SSSR count). The second kappa shape index (κ2) is 11.0. The van der Waals surface area contributed by atoms with Crippen molar-refractivity contribution in [2.45, 2.75) is 18.7 Å². The fourth-order valence-corrected chi connectivity index (χ4v) is 5.02. The maximum absolute atomic E-state index is 13.2. The highest BCUT2D eigenvalue weighted by Crippen LogP contribution is 2.25. The van der Waals surface area contributed by atoms with E-state index >= 15 is 0 Å². The van der Waals surface area contributed by atoms with Gasteiger partial charge in [-0.25, -0.2) is 13.2 Å². The molecule has 8 nitrogen and oxygen atoms in total. The predicted octanol–water partition coefficient (Wildman–Crippen LogP) is 2.78. The molecule has 1 aliphatic rings. The number of rotatable bonds is 8. The van der Waals surface area contributed by atoms with Crippen LogP contribution in [0.1, 0.15) is 24.2 Å². The Morgan fingerprint density at radius 1 is 1.06 bits per heavy atom. The van der Waals surface area contributed by atoms with Gasteiger partial charge < -0.3 is 15.0 Å². The Morgan fingerprint density at radius 2 is 1.73 bits per heavy atom. The lowest BCUT2D eigenvalue weighted by atomic mass is 10.2. The number of nitrogens with one attached hydrogen (secondary N) is 1. The summed E-state index contributed by atoms with van der Waals surface area (Å²) in [6.07, 6.45) is 0. The second-order valence-corrected chi connectivity index (χ2v) is 10.5. The van der Waals surface area contributed by atoms with Gasteiger partial charge in [-0.2, -0.15) is 4.31 Å². The Kier molecular flexibility index (Phi) is 8.34. The van der Waals surface area contributed by atoms with Gasteiger partial charge in [0.05, 0.1) is 15.5 Å². The fourth-order valence-electron chi connectivity index (χ4n) is 3.37. The van der Waals surface area contributed by atoms with Crippen LogP contribution in [0.4, 0.5) is 5.69 Å². The van der Waals surface area contributed by atoms with Gasteiger partial charge >= 0.3 is 5.97 Å². The summed E-state index contributed by atoms with van der Waals surface area (Å²) >= 11 is 6.12. The topological polar surface area (TPSA) is 96.0 Å². The number of ether oxygens (including phenoxy) is 1. The van der Waals surface area contributed by atoms with Gasteiger partial charge in [-0.05, 0) is 36.2 Å². The zero-order chi connectivity index (χ0) is 24.0. The average molecular weight is 494 g/mol. The minimum atomic E-state index is -3.83. The van der Waals surface area contributed by atoms with E-state index in [4.69, 9.17) is 16.3 Å². The maximum atomic E-state index is 13.2. The summed E-state index contributed by atoms with van der Waals surface area (Å²) in [5, 5.41) is 2.69. The van der Waals surface area contributed by atoms with Crippen molar-refractivity contribution in [3.8, 4) is 0 Å². The molecule has 1 heterocycles. The third kappa shape index (κ3) is 6.46. The first-order chi connectivity index (χ1) is 15.7. The van der Waals surface area contributed by atoms with Gasteiger partial charge in [0.15, 0.2) is 6.61 Å². The molecule has 0 aliphatic carbocycles. The zero-order valence-electron chi connectivity index (χ0n) is 18.7. The Bertz CT molecular complexity index is 1080. The SMILES string of the molecule is CC(C)CNC(=O)COC(=O)c1cc(S(=O)(=O)N2CCN(c3ccccc3)CC2)ccc1Cl. The van der Waals surface area contributed by atoms with Gasteiger partial charge in [-0.3, -0.25) is 4.79 Å². The van der Waals surface area contributed by atoms with Gasteiger partial charge in [0, 0.05) is 38.4 Å². The van der Waals surface area contributed by atoms with Crippen LogP contribution in [0.3, 0.4) is 0 Å². The number of halogens is 1. The molecule has 1 amide bonds. The number of anilines is 1. The standard InChI is InChI=1S/C23H28ClN3O5S/c1-17(2)15-25-22(28)16-32-23(29)20-14-19(8-9-21(20)24)33(30,31)27-12-10-26(11-13-27)18-6-4-3-5-7-18/h3-9,14,17H,10-13,15-16H2,1-2H3,(H,25,28). The first-order valence-corrected chi connectivity index (χ1v) is 12.5. The molecule has 0 saturated carbocycles. The molecule has 1 saturated heterocycles. The second-order valence-electron chi connectivity index (χ2n) is 8.14. The number of benzene rings is 2. The van der Waals surface area contributed by atoms with E-state index in [9.17, 15) is 18.0 Å². The van der Waals surface area contributed by atoms with Crippen molar-refractivity contribution in [2.24, 2.45) is 5.92 Å². The van der Waals surface area contributed by atoms with Crippen molar-refractivity contribution >= 4 is 39.2 Å². The molecule has 0 unspecified atom stereocenters. The Hall–Kier alpha value is -2.62. The molecule has 0 atom stereocenters. The lowest BCUT2D eigenvalue weighted by molar-refractivity contribution is -0.124. The molecule has 1 aliphatic heterocycles. The number of amides is 1. The predicted molar refractivity (Wildman–Crippen MR) is 127 cm³/mol. The molecule has 10 heteroatoms. The van der Waals surface area contributed by atoms with Crippen LogP contribution >= 0.6 is 11.6 Å². The molecule has 0 bridgehead atoms. The summed E-state index contributed by atoms with van der Waals surface area (Å²) in [7, 11) is -3.83. The van der Waals surface area contributed by atoms with E-state index in [0.29, 0.717) is 32.7 Å². The first kappa shape index (κ1) is 25.0. The monoisotopic (exact) mass is 493 g/mol. The molecule has 0 spiro atoms. The van der Waals surface area contributed by atoms with Gasteiger partial charge in [0.2, 0.25) is 10.0 Å². The van der Waals surface area contributed by atoms with Crippen LogP contribution in [0, 0.1) is 5.92 Å². The fraction of sp³-hybridized carbons (Fsp3) is 0.391. The van der Waals surface area contributed by atoms with Crippen LogP contribution in [0.15, 0.2) is 53.4 Å². The van der Waals surface area contributed by atoms with E-state index in [-0.39, 0.29) is 21.4 Å². The third-order valence-electron chi connectivity index (χ3n) is 5.20. The summed E-state index contributed by atoms with van der Waals surface area (Å²) in [6.45, 7) is 5.61. The number of hydrogen-bond acceptors (Lipinski definition) is 6. The summed E-state index contributed by atoms with van der Waals surface area (Å²) in [5.41, 5.74) is 0.945. The number of nitrogens with zero attached hydrogens (tertiary/aromatic N) is 2. The van der Waals surface area contributed by atoms with E-state index < -0.39 is 28.5 Å². The lowest BCUT2D eigenvalue weighted by Gasteiger charge is -2.35. The number of carbonyl (C=O) groups is 2. The van der Waals surface area contributed by atoms with E-state index in [1.807, 2.05) is 44.2 Å². The van der Waals surface area contributed by atoms with Crippen molar-refractivity contribution in [3.05, 3.63) is 59.1 Å².